The highest BCUT2D eigenvalue weighted by Gasteiger charge is 2.32. The molecule has 0 unspecified atom stereocenters. The number of hydrogen-bond donors (Lipinski definition) is 1. The monoisotopic (exact) mass is 275 g/mol. The fourth-order valence-electron chi connectivity index (χ4n) is 2.82. The molecule has 0 bridgehead atoms. The Bertz CT molecular complexity index is 625. The lowest BCUT2D eigenvalue weighted by atomic mass is 10.0. The maximum absolute atomic E-state index is 14.0. The van der Waals surface area contributed by atoms with Crippen LogP contribution in [0, 0.1) is 18.7 Å². The van der Waals surface area contributed by atoms with Gasteiger partial charge in [-0.2, -0.15) is 0 Å². The summed E-state index contributed by atoms with van der Waals surface area (Å²) >= 11 is 0. The number of benzene rings is 1. The first-order chi connectivity index (χ1) is 9.58. The second-order valence-electron chi connectivity index (χ2n) is 6.31. The number of hydrogen-bond acceptors (Lipinski definition) is 2. The Balaban J connectivity index is 2.00. The first-order valence-electron chi connectivity index (χ1n) is 7.49. The molecule has 108 valence electrons. The summed E-state index contributed by atoms with van der Waals surface area (Å²) in [6.45, 7) is 8.03. The lowest BCUT2D eigenvalue weighted by Crippen LogP contribution is -2.19. The van der Waals surface area contributed by atoms with Crippen LogP contribution in [0.5, 0.6) is 0 Å². The maximum Gasteiger partial charge on any atom is 0.170 e. The highest BCUT2D eigenvalue weighted by molar-refractivity contribution is 5.87. The van der Waals surface area contributed by atoms with Crippen molar-refractivity contribution in [1.82, 2.24) is 5.32 Å². The minimum absolute atomic E-state index is 0.248. The summed E-state index contributed by atoms with van der Waals surface area (Å²) in [5, 5.41) is 4.42. The molecule has 1 saturated carbocycles. The second-order valence-corrected chi connectivity index (χ2v) is 6.31. The zero-order valence-electron chi connectivity index (χ0n) is 12.4. The van der Waals surface area contributed by atoms with Gasteiger partial charge in [0.2, 0.25) is 0 Å². The van der Waals surface area contributed by atoms with Crippen LogP contribution in [-0.4, -0.2) is 6.54 Å². The van der Waals surface area contributed by atoms with E-state index in [4.69, 9.17) is 4.42 Å². The van der Waals surface area contributed by atoms with E-state index in [2.05, 4.69) is 19.2 Å². The Kier molecular flexibility index (Phi) is 3.55. The lowest BCUT2D eigenvalue weighted by molar-refractivity contribution is 0.471. The molecule has 20 heavy (non-hydrogen) atoms. The molecule has 0 radical (unpaired) electrons. The van der Waals surface area contributed by atoms with Crippen LogP contribution in [0.4, 0.5) is 4.39 Å². The summed E-state index contributed by atoms with van der Waals surface area (Å²) in [6, 6.07) is 3.35. The molecule has 1 aliphatic rings. The minimum Gasteiger partial charge on any atom is -0.456 e. The quantitative estimate of drug-likeness (QED) is 0.869. The van der Waals surface area contributed by atoms with Gasteiger partial charge in [-0.1, -0.05) is 19.9 Å². The molecule has 1 fully saturated rings. The molecular formula is C17H22FNO. The van der Waals surface area contributed by atoms with Gasteiger partial charge in [-0.3, -0.25) is 0 Å². The number of halogens is 1. The van der Waals surface area contributed by atoms with E-state index >= 15 is 0 Å². The molecule has 0 saturated heterocycles. The minimum atomic E-state index is -0.248. The molecule has 1 aromatic heterocycles. The topological polar surface area (TPSA) is 25.2 Å². The van der Waals surface area contributed by atoms with Gasteiger partial charge in [0.05, 0.1) is 6.54 Å². The van der Waals surface area contributed by atoms with E-state index in [1.807, 2.05) is 13.0 Å². The molecule has 0 amide bonds. The average Bonchev–Trinajstić information content (AvgIpc) is 3.15. The van der Waals surface area contributed by atoms with Gasteiger partial charge in [0, 0.05) is 10.9 Å². The maximum atomic E-state index is 14.0. The summed E-state index contributed by atoms with van der Waals surface area (Å²) in [5.41, 5.74) is 2.80. The fourth-order valence-corrected chi connectivity index (χ4v) is 2.82. The predicted molar refractivity (Wildman–Crippen MR) is 79.4 cm³/mol. The van der Waals surface area contributed by atoms with E-state index in [9.17, 15) is 4.39 Å². The molecule has 1 heterocycles. The van der Waals surface area contributed by atoms with Crippen molar-refractivity contribution in [1.29, 1.82) is 0 Å². The Morgan fingerprint density at radius 1 is 1.35 bits per heavy atom. The zero-order chi connectivity index (χ0) is 14.3. The van der Waals surface area contributed by atoms with Crippen LogP contribution >= 0.6 is 0 Å². The summed E-state index contributed by atoms with van der Waals surface area (Å²) in [5.74, 6) is 1.84. The van der Waals surface area contributed by atoms with Crippen LogP contribution in [0.2, 0.25) is 0 Å². The van der Waals surface area contributed by atoms with Gasteiger partial charge >= 0.3 is 0 Å². The molecule has 0 atom stereocenters. The van der Waals surface area contributed by atoms with E-state index in [0.29, 0.717) is 24.0 Å². The third kappa shape index (κ3) is 2.47. The van der Waals surface area contributed by atoms with Crippen molar-refractivity contribution in [3.63, 3.8) is 0 Å². The van der Waals surface area contributed by atoms with Crippen molar-refractivity contribution in [2.24, 2.45) is 5.92 Å². The number of furan rings is 1. The van der Waals surface area contributed by atoms with E-state index < -0.39 is 0 Å². The SMILES string of the molecule is Cc1ccc(F)c2oc(CNCC(C)C)c(C3CC3)c12. The van der Waals surface area contributed by atoms with Crippen LogP contribution in [-0.2, 0) is 6.54 Å². The predicted octanol–water partition coefficient (Wildman–Crippen LogP) is 4.50. The van der Waals surface area contributed by atoms with Crippen molar-refractivity contribution < 1.29 is 8.81 Å². The molecule has 2 aromatic rings. The molecule has 1 aromatic carbocycles. The first-order valence-corrected chi connectivity index (χ1v) is 7.49. The van der Waals surface area contributed by atoms with Gasteiger partial charge in [-0.25, -0.2) is 4.39 Å². The summed E-state index contributed by atoms with van der Waals surface area (Å²) < 4.78 is 19.8. The Morgan fingerprint density at radius 2 is 2.10 bits per heavy atom. The van der Waals surface area contributed by atoms with Gasteiger partial charge in [-0.15, -0.1) is 0 Å². The molecule has 1 N–H and O–H groups in total. The fraction of sp³-hybridized carbons (Fsp3) is 0.529. The number of rotatable bonds is 5. The normalized spacial score (nSPS) is 15.4. The third-order valence-electron chi connectivity index (χ3n) is 3.94. The lowest BCUT2D eigenvalue weighted by Gasteiger charge is -2.07. The largest absolute Gasteiger partial charge is 0.456 e. The van der Waals surface area contributed by atoms with Gasteiger partial charge < -0.3 is 9.73 Å². The molecular weight excluding hydrogens is 253 g/mol. The summed E-state index contributed by atoms with van der Waals surface area (Å²) in [4.78, 5) is 0. The Morgan fingerprint density at radius 3 is 2.75 bits per heavy atom. The third-order valence-corrected chi connectivity index (χ3v) is 3.94. The van der Waals surface area contributed by atoms with E-state index in [1.165, 1.54) is 24.5 Å². The number of nitrogens with one attached hydrogen (secondary N) is 1. The van der Waals surface area contributed by atoms with Gasteiger partial charge in [0.25, 0.3) is 0 Å². The van der Waals surface area contributed by atoms with Crippen molar-refractivity contribution in [2.75, 3.05) is 6.54 Å². The smallest absolute Gasteiger partial charge is 0.170 e. The van der Waals surface area contributed by atoms with Crippen LogP contribution < -0.4 is 5.32 Å². The standard InChI is InChI=1S/C17H22FNO/c1-10(2)8-19-9-14-16(12-5-6-12)15-11(3)4-7-13(18)17(15)20-14/h4,7,10,12,19H,5-6,8-9H2,1-3H3. The van der Waals surface area contributed by atoms with Gasteiger partial charge in [0.1, 0.15) is 5.76 Å². The van der Waals surface area contributed by atoms with Crippen molar-refractivity contribution >= 4 is 11.0 Å². The van der Waals surface area contributed by atoms with Crippen LogP contribution in [0.1, 0.15) is 49.5 Å². The van der Waals surface area contributed by atoms with Gasteiger partial charge in [0.15, 0.2) is 11.4 Å². The van der Waals surface area contributed by atoms with E-state index in [0.717, 1.165) is 23.3 Å². The van der Waals surface area contributed by atoms with Crippen LogP contribution in [0.3, 0.4) is 0 Å². The first kappa shape index (κ1) is 13.6. The number of fused-ring (bicyclic) bond motifs is 1. The zero-order valence-corrected chi connectivity index (χ0v) is 12.4. The highest BCUT2D eigenvalue weighted by atomic mass is 19.1. The van der Waals surface area contributed by atoms with E-state index in [1.54, 1.807) is 0 Å². The second kappa shape index (κ2) is 5.21. The van der Waals surface area contributed by atoms with E-state index in [-0.39, 0.29) is 5.82 Å². The van der Waals surface area contributed by atoms with Crippen LogP contribution in [0.25, 0.3) is 11.0 Å². The Labute approximate surface area is 119 Å². The van der Waals surface area contributed by atoms with Crippen molar-refractivity contribution in [3.05, 3.63) is 34.8 Å². The number of aryl methyl sites for hydroxylation is 1. The van der Waals surface area contributed by atoms with Crippen LogP contribution in [0.15, 0.2) is 16.5 Å². The molecule has 0 spiro atoms. The molecule has 0 aliphatic heterocycles. The highest BCUT2D eigenvalue weighted by Crippen LogP contribution is 2.47. The molecule has 1 aliphatic carbocycles. The van der Waals surface area contributed by atoms with Crippen molar-refractivity contribution in [2.45, 2.75) is 46.1 Å². The molecule has 3 heteroatoms. The summed E-state index contributed by atoms with van der Waals surface area (Å²) in [6.07, 6.45) is 2.39. The Hall–Kier alpha value is -1.35. The molecule has 2 nitrogen and oxygen atoms in total. The molecule has 3 rings (SSSR count). The average molecular weight is 275 g/mol. The van der Waals surface area contributed by atoms with Crippen molar-refractivity contribution in [3.8, 4) is 0 Å². The van der Waals surface area contributed by atoms with Gasteiger partial charge in [-0.05, 0) is 49.8 Å². The summed E-state index contributed by atoms with van der Waals surface area (Å²) in [7, 11) is 0.